The lowest BCUT2D eigenvalue weighted by atomic mass is 10.0. The second kappa shape index (κ2) is 5.93. The maximum absolute atomic E-state index is 6.41. The molecule has 2 N–H and O–H groups in total. The molecule has 2 aromatic rings. The average molecular weight is 298 g/mol. The van der Waals surface area contributed by atoms with Crippen molar-refractivity contribution in [3.05, 3.63) is 35.2 Å². The van der Waals surface area contributed by atoms with Crippen molar-refractivity contribution < 1.29 is 4.74 Å². The summed E-state index contributed by atoms with van der Waals surface area (Å²) in [5.74, 6) is 1.56. The Hall–Kier alpha value is -2.14. The number of hydrogen-bond acceptors (Lipinski definition) is 5. The van der Waals surface area contributed by atoms with Crippen LogP contribution in [0.3, 0.4) is 0 Å². The molecule has 2 heterocycles. The fraction of sp³-hybridized carbons (Fsp3) is 0.412. The van der Waals surface area contributed by atoms with Crippen molar-refractivity contribution in [3.8, 4) is 11.3 Å². The van der Waals surface area contributed by atoms with Crippen molar-refractivity contribution >= 4 is 11.5 Å². The van der Waals surface area contributed by atoms with Crippen LogP contribution in [0.15, 0.2) is 18.2 Å². The second-order valence-corrected chi connectivity index (χ2v) is 5.83. The van der Waals surface area contributed by atoms with Crippen LogP contribution in [0.1, 0.15) is 17.0 Å². The highest BCUT2D eigenvalue weighted by atomic mass is 16.5. The van der Waals surface area contributed by atoms with Crippen LogP contribution >= 0.6 is 0 Å². The highest BCUT2D eigenvalue weighted by Gasteiger charge is 2.19. The quantitative estimate of drug-likeness (QED) is 0.923. The average Bonchev–Trinajstić information content (AvgIpc) is 2.49. The monoisotopic (exact) mass is 298 g/mol. The van der Waals surface area contributed by atoms with Gasteiger partial charge in [0.25, 0.3) is 0 Å². The molecular formula is C17H22N4O. The van der Waals surface area contributed by atoms with Crippen molar-refractivity contribution in [3.63, 3.8) is 0 Å². The van der Waals surface area contributed by atoms with Gasteiger partial charge in [-0.2, -0.15) is 0 Å². The van der Waals surface area contributed by atoms with Crippen LogP contribution in [0.5, 0.6) is 0 Å². The van der Waals surface area contributed by atoms with Crippen molar-refractivity contribution in [2.75, 3.05) is 36.9 Å². The molecule has 22 heavy (non-hydrogen) atoms. The van der Waals surface area contributed by atoms with Crippen molar-refractivity contribution in [2.24, 2.45) is 0 Å². The van der Waals surface area contributed by atoms with Crippen molar-refractivity contribution in [2.45, 2.75) is 20.8 Å². The predicted molar refractivity (Wildman–Crippen MR) is 89.1 cm³/mol. The molecule has 0 spiro atoms. The van der Waals surface area contributed by atoms with Gasteiger partial charge < -0.3 is 15.4 Å². The molecule has 1 fully saturated rings. The lowest BCUT2D eigenvalue weighted by Gasteiger charge is -2.29. The van der Waals surface area contributed by atoms with E-state index in [1.165, 1.54) is 11.1 Å². The van der Waals surface area contributed by atoms with E-state index in [0.717, 1.165) is 36.0 Å². The highest BCUT2D eigenvalue weighted by molar-refractivity contribution is 5.81. The highest BCUT2D eigenvalue weighted by Crippen LogP contribution is 2.32. The number of aromatic nitrogens is 2. The van der Waals surface area contributed by atoms with Gasteiger partial charge in [-0.3, -0.25) is 0 Å². The third kappa shape index (κ3) is 2.90. The second-order valence-electron chi connectivity index (χ2n) is 5.83. The van der Waals surface area contributed by atoms with Gasteiger partial charge >= 0.3 is 0 Å². The number of rotatable bonds is 2. The van der Waals surface area contributed by atoms with Crippen LogP contribution < -0.4 is 10.6 Å². The Kier molecular flexibility index (Phi) is 3.98. The first-order chi connectivity index (χ1) is 10.5. The van der Waals surface area contributed by atoms with Gasteiger partial charge in [-0.15, -0.1) is 0 Å². The standard InChI is InChI=1S/C17H22N4O/c1-11-8-12(2)10-14(9-11)16-15(18)17(20-13(3)19-16)21-4-6-22-7-5-21/h8-10H,4-7,18H2,1-3H3. The van der Waals surface area contributed by atoms with Gasteiger partial charge in [0.2, 0.25) is 0 Å². The first kappa shape index (κ1) is 14.8. The molecule has 0 aliphatic carbocycles. The largest absolute Gasteiger partial charge is 0.394 e. The van der Waals surface area contributed by atoms with E-state index in [1.54, 1.807) is 0 Å². The Morgan fingerprint density at radius 2 is 1.64 bits per heavy atom. The van der Waals surface area contributed by atoms with E-state index in [-0.39, 0.29) is 0 Å². The number of anilines is 2. The van der Waals surface area contributed by atoms with Crippen LogP contribution in [0.4, 0.5) is 11.5 Å². The van der Waals surface area contributed by atoms with E-state index >= 15 is 0 Å². The van der Waals surface area contributed by atoms with E-state index in [1.807, 2.05) is 6.92 Å². The van der Waals surface area contributed by atoms with E-state index in [0.29, 0.717) is 18.9 Å². The van der Waals surface area contributed by atoms with E-state index in [2.05, 4.69) is 46.9 Å². The molecule has 0 unspecified atom stereocenters. The van der Waals surface area contributed by atoms with Crippen molar-refractivity contribution in [1.29, 1.82) is 0 Å². The number of ether oxygens (including phenoxy) is 1. The Morgan fingerprint density at radius 3 is 2.27 bits per heavy atom. The first-order valence-electron chi connectivity index (χ1n) is 7.60. The van der Waals surface area contributed by atoms with Gasteiger partial charge in [-0.25, -0.2) is 9.97 Å². The minimum absolute atomic E-state index is 0.650. The van der Waals surface area contributed by atoms with Crippen LogP contribution in [0.2, 0.25) is 0 Å². The fourth-order valence-corrected chi connectivity index (χ4v) is 2.91. The minimum Gasteiger partial charge on any atom is -0.394 e. The normalized spacial score (nSPS) is 15.1. The smallest absolute Gasteiger partial charge is 0.156 e. The molecule has 0 atom stereocenters. The van der Waals surface area contributed by atoms with Gasteiger partial charge in [0.05, 0.1) is 18.9 Å². The molecule has 116 valence electrons. The zero-order chi connectivity index (χ0) is 15.7. The molecule has 0 amide bonds. The lowest BCUT2D eigenvalue weighted by molar-refractivity contribution is 0.122. The first-order valence-corrected chi connectivity index (χ1v) is 7.60. The summed E-state index contributed by atoms with van der Waals surface area (Å²) in [4.78, 5) is 11.3. The number of nitrogen functional groups attached to an aromatic ring is 1. The number of aryl methyl sites for hydroxylation is 3. The summed E-state index contributed by atoms with van der Waals surface area (Å²) in [6, 6.07) is 6.39. The maximum Gasteiger partial charge on any atom is 0.156 e. The van der Waals surface area contributed by atoms with E-state index in [9.17, 15) is 0 Å². The number of hydrogen-bond donors (Lipinski definition) is 1. The van der Waals surface area contributed by atoms with Gasteiger partial charge in [0, 0.05) is 18.7 Å². The lowest BCUT2D eigenvalue weighted by Crippen LogP contribution is -2.37. The number of benzene rings is 1. The summed E-state index contributed by atoms with van der Waals surface area (Å²) in [6.07, 6.45) is 0. The Morgan fingerprint density at radius 1 is 1.00 bits per heavy atom. The van der Waals surface area contributed by atoms with E-state index < -0.39 is 0 Å². The molecule has 1 aliphatic rings. The molecule has 1 aromatic carbocycles. The molecule has 0 radical (unpaired) electrons. The SMILES string of the molecule is Cc1cc(C)cc(-c2nc(C)nc(N3CCOCC3)c2N)c1. The zero-order valence-electron chi connectivity index (χ0n) is 13.4. The number of nitrogens with zero attached hydrogens (tertiary/aromatic N) is 3. The minimum atomic E-state index is 0.650. The van der Waals surface area contributed by atoms with Crippen LogP contribution in [-0.2, 0) is 4.74 Å². The molecule has 3 rings (SSSR count). The van der Waals surface area contributed by atoms with E-state index in [4.69, 9.17) is 10.5 Å². The maximum atomic E-state index is 6.41. The third-order valence-corrected chi connectivity index (χ3v) is 3.84. The van der Waals surface area contributed by atoms with Crippen molar-refractivity contribution in [1.82, 2.24) is 9.97 Å². The number of morpholine rings is 1. The van der Waals surface area contributed by atoms with Gasteiger partial charge in [0.15, 0.2) is 5.82 Å². The summed E-state index contributed by atoms with van der Waals surface area (Å²) < 4.78 is 5.41. The third-order valence-electron chi connectivity index (χ3n) is 3.84. The summed E-state index contributed by atoms with van der Waals surface area (Å²) in [7, 11) is 0. The topological polar surface area (TPSA) is 64.3 Å². The molecule has 1 saturated heterocycles. The summed E-state index contributed by atoms with van der Waals surface area (Å²) in [5.41, 5.74) is 11.3. The molecule has 1 aromatic heterocycles. The Labute approximate surface area is 131 Å². The summed E-state index contributed by atoms with van der Waals surface area (Å²) in [6.45, 7) is 9.13. The molecule has 5 nitrogen and oxygen atoms in total. The van der Waals surface area contributed by atoms with Crippen LogP contribution in [-0.4, -0.2) is 36.3 Å². The van der Waals surface area contributed by atoms with Gasteiger partial charge in [-0.05, 0) is 32.9 Å². The Balaban J connectivity index is 2.09. The Bertz CT molecular complexity index is 673. The molecule has 5 heteroatoms. The summed E-state index contributed by atoms with van der Waals surface area (Å²) in [5, 5.41) is 0. The molecule has 0 bridgehead atoms. The number of nitrogens with two attached hydrogens (primary N) is 1. The molecular weight excluding hydrogens is 276 g/mol. The van der Waals surface area contributed by atoms with Crippen LogP contribution in [0.25, 0.3) is 11.3 Å². The molecule has 1 aliphatic heterocycles. The predicted octanol–water partition coefficient (Wildman–Crippen LogP) is 2.49. The fourth-order valence-electron chi connectivity index (χ4n) is 2.91. The van der Waals surface area contributed by atoms with Gasteiger partial charge in [0.1, 0.15) is 11.5 Å². The summed E-state index contributed by atoms with van der Waals surface area (Å²) >= 11 is 0. The zero-order valence-corrected chi connectivity index (χ0v) is 13.4. The van der Waals surface area contributed by atoms with Gasteiger partial charge in [-0.1, -0.05) is 17.2 Å². The van der Waals surface area contributed by atoms with Crippen LogP contribution in [0, 0.1) is 20.8 Å². The molecule has 0 saturated carbocycles.